The Morgan fingerprint density at radius 1 is 1.00 bits per heavy atom. The summed E-state index contributed by atoms with van der Waals surface area (Å²) < 4.78 is 5.57. The van der Waals surface area contributed by atoms with Crippen LogP contribution in [0.2, 0.25) is 5.02 Å². The number of ether oxygens (including phenoxy) is 1. The molecule has 0 aliphatic carbocycles. The van der Waals surface area contributed by atoms with Crippen LogP contribution >= 0.6 is 11.6 Å². The maximum absolute atomic E-state index is 13.5. The number of nitrogens with zero attached hydrogens (tertiary/aromatic N) is 1. The Bertz CT molecular complexity index is 1260. The lowest BCUT2D eigenvalue weighted by atomic mass is 9.98. The number of carbonyl (C=O) groups is 3. The smallest absolute Gasteiger partial charge is 0.320 e. The second-order valence-electron chi connectivity index (χ2n) is 8.20. The monoisotopic (exact) mass is 475 g/mol. The average Bonchev–Trinajstić information content (AvgIpc) is 3.01. The number of carbonyl (C=O) groups excluding carboxylic acids is 3. The molecule has 2 aliphatic rings. The summed E-state index contributed by atoms with van der Waals surface area (Å²) in [6.07, 6.45) is 0.193. The van der Waals surface area contributed by atoms with Gasteiger partial charge in [0, 0.05) is 29.9 Å². The highest BCUT2D eigenvalue weighted by Gasteiger charge is 2.37. The minimum absolute atomic E-state index is 0.144. The van der Waals surface area contributed by atoms with Crippen molar-refractivity contribution in [1.82, 2.24) is 5.32 Å². The van der Waals surface area contributed by atoms with Crippen LogP contribution in [-0.2, 0) is 9.53 Å². The topological polar surface area (TPSA) is 87.7 Å². The van der Waals surface area contributed by atoms with Crippen molar-refractivity contribution < 1.29 is 19.1 Å². The number of anilines is 2. The van der Waals surface area contributed by atoms with Crippen molar-refractivity contribution in [1.29, 1.82) is 0 Å². The molecule has 1 saturated heterocycles. The number of hydrogen-bond donors (Lipinski definition) is 2. The Labute approximate surface area is 201 Å². The van der Waals surface area contributed by atoms with Crippen molar-refractivity contribution in [2.45, 2.75) is 18.6 Å². The molecular weight excluding hydrogens is 454 g/mol. The van der Waals surface area contributed by atoms with Gasteiger partial charge in [0.2, 0.25) is 0 Å². The molecule has 0 saturated carbocycles. The van der Waals surface area contributed by atoms with Crippen LogP contribution in [0.1, 0.15) is 38.7 Å². The number of rotatable bonds is 3. The molecule has 2 heterocycles. The largest absolute Gasteiger partial charge is 0.459 e. The Morgan fingerprint density at radius 2 is 1.74 bits per heavy atom. The summed E-state index contributed by atoms with van der Waals surface area (Å²) in [5.41, 5.74) is 3.14. The first-order valence-corrected chi connectivity index (χ1v) is 11.4. The highest BCUT2D eigenvalue weighted by Crippen LogP contribution is 2.36. The van der Waals surface area contributed by atoms with Crippen LogP contribution in [0.15, 0.2) is 72.8 Å². The molecule has 0 aromatic heterocycles. The van der Waals surface area contributed by atoms with E-state index in [-0.39, 0.29) is 36.5 Å². The number of amides is 2. The number of esters is 1. The van der Waals surface area contributed by atoms with Gasteiger partial charge < -0.3 is 15.0 Å². The fraction of sp³-hybridized carbons (Fsp3) is 0.192. The number of morpholine rings is 1. The van der Waals surface area contributed by atoms with E-state index in [9.17, 15) is 14.4 Å². The van der Waals surface area contributed by atoms with Crippen molar-refractivity contribution in [2.75, 3.05) is 23.3 Å². The van der Waals surface area contributed by atoms with Crippen LogP contribution < -0.4 is 15.5 Å². The molecule has 2 atom stereocenters. The molecule has 1 fully saturated rings. The number of hydrogen-bond acceptors (Lipinski definition) is 5. The molecule has 2 aliphatic heterocycles. The number of fused-ring (bicyclic) bond motifs is 3. The van der Waals surface area contributed by atoms with Gasteiger partial charge in [0.05, 0.1) is 23.2 Å². The summed E-state index contributed by atoms with van der Waals surface area (Å²) in [5.74, 6) is -0.773. The van der Waals surface area contributed by atoms with E-state index < -0.39 is 0 Å². The summed E-state index contributed by atoms with van der Waals surface area (Å²) in [7, 11) is 0. The standard InChI is InChI=1S/C26H22ClN3O4/c27-20-7-3-1-5-18(20)25(32)29-17-11-9-16(10-12-17)26(33)30-14-13-22-24(28-15-23(31)34-22)19-6-2-4-8-21(19)30/h1-12,22,24,28H,13-15H2,(H,29,32). The van der Waals surface area contributed by atoms with Crippen LogP contribution in [0, 0.1) is 0 Å². The lowest BCUT2D eigenvalue weighted by Gasteiger charge is -2.31. The molecule has 5 rings (SSSR count). The first-order chi connectivity index (χ1) is 16.5. The van der Waals surface area contributed by atoms with Gasteiger partial charge in [-0.2, -0.15) is 0 Å². The number of halogens is 1. The maximum Gasteiger partial charge on any atom is 0.320 e. The predicted molar refractivity (Wildman–Crippen MR) is 129 cm³/mol. The fourth-order valence-electron chi connectivity index (χ4n) is 4.42. The third-order valence-electron chi connectivity index (χ3n) is 6.07. The van der Waals surface area contributed by atoms with Gasteiger partial charge in [-0.15, -0.1) is 0 Å². The van der Waals surface area contributed by atoms with Gasteiger partial charge >= 0.3 is 5.97 Å². The molecule has 34 heavy (non-hydrogen) atoms. The molecule has 0 radical (unpaired) electrons. The minimum atomic E-state index is -0.331. The average molecular weight is 476 g/mol. The minimum Gasteiger partial charge on any atom is -0.459 e. The number of nitrogens with one attached hydrogen (secondary N) is 2. The van der Waals surface area contributed by atoms with Crippen LogP contribution in [0.5, 0.6) is 0 Å². The van der Waals surface area contributed by atoms with Gasteiger partial charge in [0.1, 0.15) is 6.10 Å². The van der Waals surface area contributed by atoms with Crippen molar-refractivity contribution >= 4 is 40.8 Å². The van der Waals surface area contributed by atoms with E-state index in [1.54, 1.807) is 53.4 Å². The molecule has 2 unspecified atom stereocenters. The van der Waals surface area contributed by atoms with Gasteiger partial charge in [-0.05, 0) is 48.0 Å². The quantitative estimate of drug-likeness (QED) is 0.554. The van der Waals surface area contributed by atoms with E-state index in [1.807, 2.05) is 24.3 Å². The van der Waals surface area contributed by atoms with Crippen molar-refractivity contribution in [3.63, 3.8) is 0 Å². The Balaban J connectivity index is 1.36. The Kier molecular flexibility index (Phi) is 6.04. The molecule has 0 spiro atoms. The predicted octanol–water partition coefficient (Wildman–Crippen LogP) is 4.20. The lowest BCUT2D eigenvalue weighted by Crippen LogP contribution is -2.44. The van der Waals surface area contributed by atoms with Gasteiger partial charge in [-0.1, -0.05) is 41.9 Å². The zero-order valence-electron chi connectivity index (χ0n) is 18.2. The zero-order chi connectivity index (χ0) is 23.7. The molecule has 7 nitrogen and oxygen atoms in total. The van der Waals surface area contributed by atoms with Gasteiger partial charge in [-0.3, -0.25) is 19.7 Å². The van der Waals surface area contributed by atoms with Crippen LogP contribution in [0.4, 0.5) is 11.4 Å². The highest BCUT2D eigenvalue weighted by atomic mass is 35.5. The van der Waals surface area contributed by atoms with Crippen molar-refractivity contribution in [3.05, 3.63) is 94.5 Å². The van der Waals surface area contributed by atoms with E-state index in [2.05, 4.69) is 10.6 Å². The van der Waals surface area contributed by atoms with Gasteiger partial charge in [-0.25, -0.2) is 0 Å². The lowest BCUT2D eigenvalue weighted by molar-refractivity contribution is -0.155. The van der Waals surface area contributed by atoms with Crippen LogP contribution in [-0.4, -0.2) is 37.0 Å². The van der Waals surface area contributed by atoms with E-state index in [1.165, 1.54) is 0 Å². The summed E-state index contributed by atoms with van der Waals surface area (Å²) >= 11 is 6.10. The fourth-order valence-corrected chi connectivity index (χ4v) is 4.64. The molecular formula is C26H22ClN3O4. The maximum atomic E-state index is 13.5. The van der Waals surface area contributed by atoms with Crippen molar-refractivity contribution in [3.8, 4) is 0 Å². The number of para-hydroxylation sites is 1. The molecule has 3 aromatic rings. The SMILES string of the molecule is O=C1CNC2c3ccccc3N(C(=O)c3ccc(NC(=O)c4ccccc4Cl)cc3)CCC2O1. The molecule has 172 valence electrons. The Morgan fingerprint density at radius 3 is 2.53 bits per heavy atom. The van der Waals surface area contributed by atoms with Crippen LogP contribution in [0.3, 0.4) is 0 Å². The summed E-state index contributed by atoms with van der Waals surface area (Å²) in [5, 5.41) is 6.42. The first-order valence-electron chi connectivity index (χ1n) is 11.0. The molecule has 8 heteroatoms. The second-order valence-corrected chi connectivity index (χ2v) is 8.61. The summed E-state index contributed by atoms with van der Waals surface area (Å²) in [6.45, 7) is 0.557. The molecule has 2 amide bonds. The molecule has 3 aromatic carbocycles. The van der Waals surface area contributed by atoms with Gasteiger partial charge in [0.25, 0.3) is 11.8 Å². The van der Waals surface area contributed by atoms with Gasteiger partial charge in [0.15, 0.2) is 0 Å². The molecule has 0 bridgehead atoms. The third-order valence-corrected chi connectivity index (χ3v) is 6.40. The highest BCUT2D eigenvalue weighted by molar-refractivity contribution is 6.34. The third kappa shape index (κ3) is 4.27. The Hall–Kier alpha value is -3.68. The van der Waals surface area contributed by atoms with Crippen LogP contribution in [0.25, 0.3) is 0 Å². The molecule has 2 N–H and O–H groups in total. The van der Waals surface area contributed by atoms with E-state index >= 15 is 0 Å². The normalized spacial score (nSPS) is 19.3. The van der Waals surface area contributed by atoms with E-state index in [0.717, 1.165) is 11.3 Å². The van der Waals surface area contributed by atoms with Crippen molar-refractivity contribution in [2.24, 2.45) is 0 Å². The zero-order valence-corrected chi connectivity index (χ0v) is 18.9. The van der Waals surface area contributed by atoms with E-state index in [0.29, 0.717) is 34.8 Å². The summed E-state index contributed by atoms with van der Waals surface area (Å²) in [4.78, 5) is 39.5. The number of benzene rings is 3. The first kappa shape index (κ1) is 22.1. The summed E-state index contributed by atoms with van der Waals surface area (Å²) in [6, 6.07) is 21.1. The van der Waals surface area contributed by atoms with E-state index in [4.69, 9.17) is 16.3 Å². The second kappa shape index (κ2) is 9.29.